The maximum absolute atomic E-state index is 11.7. The summed E-state index contributed by atoms with van der Waals surface area (Å²) < 4.78 is 0. The van der Waals surface area contributed by atoms with Crippen LogP contribution in [-0.4, -0.2) is 34.3 Å². The van der Waals surface area contributed by atoms with Crippen LogP contribution in [0.3, 0.4) is 0 Å². The number of hydrogen-bond donors (Lipinski definition) is 1. The Morgan fingerprint density at radius 2 is 1.89 bits per heavy atom. The van der Waals surface area contributed by atoms with E-state index in [1.54, 1.807) is 0 Å². The van der Waals surface area contributed by atoms with E-state index in [-0.39, 0.29) is 30.1 Å². The first-order chi connectivity index (χ1) is 8.40. The molecule has 0 radical (unpaired) electrons. The lowest BCUT2D eigenvalue weighted by atomic mass is 9.96. The topological polar surface area (TPSA) is 74.7 Å². The normalized spacial score (nSPS) is 19.1. The van der Waals surface area contributed by atoms with Crippen LogP contribution in [0.4, 0.5) is 0 Å². The van der Waals surface area contributed by atoms with Crippen LogP contribution in [0.2, 0.25) is 0 Å². The van der Waals surface area contributed by atoms with Crippen LogP contribution in [0.5, 0.6) is 0 Å². The molecule has 1 N–H and O–H groups in total. The lowest BCUT2D eigenvalue weighted by Crippen LogP contribution is -2.43. The van der Waals surface area contributed by atoms with Gasteiger partial charge in [-0.15, -0.1) is 0 Å². The molecule has 0 aromatic heterocycles. The second kappa shape index (κ2) is 6.52. The largest absolute Gasteiger partial charge is 0.481 e. The molecule has 1 rings (SSSR count). The summed E-state index contributed by atoms with van der Waals surface area (Å²) >= 11 is 0. The first-order valence-electron chi connectivity index (χ1n) is 6.45. The van der Waals surface area contributed by atoms with E-state index in [1.807, 2.05) is 13.8 Å². The highest BCUT2D eigenvalue weighted by atomic mass is 16.4. The molecular formula is C13H21NO4. The van der Waals surface area contributed by atoms with E-state index >= 15 is 0 Å². The molecule has 0 aromatic rings. The number of carbonyl (C=O) groups excluding carboxylic acids is 2. The summed E-state index contributed by atoms with van der Waals surface area (Å²) in [6.07, 6.45) is 2.28. The number of piperidine rings is 1. The van der Waals surface area contributed by atoms with Gasteiger partial charge in [0.05, 0.1) is 0 Å². The van der Waals surface area contributed by atoms with Gasteiger partial charge in [-0.2, -0.15) is 0 Å². The molecule has 1 aliphatic heterocycles. The number of imide groups is 1. The van der Waals surface area contributed by atoms with Gasteiger partial charge in [-0.3, -0.25) is 19.3 Å². The summed E-state index contributed by atoms with van der Waals surface area (Å²) in [5.41, 5.74) is 0. The Kier molecular flexibility index (Phi) is 5.31. The molecule has 1 fully saturated rings. The summed E-state index contributed by atoms with van der Waals surface area (Å²) in [5, 5.41) is 8.57. The minimum atomic E-state index is -0.805. The van der Waals surface area contributed by atoms with Crippen LogP contribution in [0.1, 0.15) is 46.0 Å². The Hall–Kier alpha value is -1.39. The van der Waals surface area contributed by atoms with Gasteiger partial charge in [0.1, 0.15) is 0 Å². The van der Waals surface area contributed by atoms with Gasteiger partial charge in [0.25, 0.3) is 0 Å². The van der Waals surface area contributed by atoms with Crippen molar-refractivity contribution in [1.82, 2.24) is 4.90 Å². The first-order valence-corrected chi connectivity index (χ1v) is 6.45. The summed E-state index contributed by atoms with van der Waals surface area (Å²) in [5.74, 6) is -0.638. The van der Waals surface area contributed by atoms with E-state index in [9.17, 15) is 14.4 Å². The van der Waals surface area contributed by atoms with Crippen LogP contribution < -0.4 is 0 Å². The standard InChI is InChI=1S/C13H21NO4/c1-9(3-4-13(17)18)5-6-14-11(15)7-10(2)8-12(14)16/h9-10H,3-8H2,1-2H3,(H,17,18). The van der Waals surface area contributed by atoms with E-state index in [4.69, 9.17) is 5.11 Å². The fourth-order valence-corrected chi connectivity index (χ4v) is 2.14. The van der Waals surface area contributed by atoms with Crippen molar-refractivity contribution in [3.8, 4) is 0 Å². The zero-order chi connectivity index (χ0) is 13.7. The van der Waals surface area contributed by atoms with Crippen LogP contribution in [-0.2, 0) is 14.4 Å². The Bertz CT molecular complexity index is 322. The van der Waals surface area contributed by atoms with Crippen molar-refractivity contribution in [3.05, 3.63) is 0 Å². The number of carboxylic acids is 1. The number of rotatable bonds is 6. The second-order valence-electron chi connectivity index (χ2n) is 5.28. The maximum atomic E-state index is 11.7. The number of carbonyl (C=O) groups is 3. The van der Waals surface area contributed by atoms with Crippen molar-refractivity contribution >= 4 is 17.8 Å². The van der Waals surface area contributed by atoms with Gasteiger partial charge in [0.15, 0.2) is 0 Å². The molecule has 0 spiro atoms. The molecule has 5 nitrogen and oxygen atoms in total. The molecule has 102 valence electrons. The fraction of sp³-hybridized carbons (Fsp3) is 0.769. The van der Waals surface area contributed by atoms with Crippen molar-refractivity contribution in [3.63, 3.8) is 0 Å². The Morgan fingerprint density at radius 3 is 2.39 bits per heavy atom. The van der Waals surface area contributed by atoms with Crippen LogP contribution in [0.15, 0.2) is 0 Å². The third-order valence-electron chi connectivity index (χ3n) is 3.34. The van der Waals surface area contributed by atoms with E-state index < -0.39 is 5.97 Å². The number of likely N-dealkylation sites (tertiary alicyclic amines) is 1. The van der Waals surface area contributed by atoms with Crippen molar-refractivity contribution in [2.24, 2.45) is 11.8 Å². The van der Waals surface area contributed by atoms with Gasteiger partial charge in [-0.25, -0.2) is 0 Å². The van der Waals surface area contributed by atoms with Gasteiger partial charge in [-0.1, -0.05) is 13.8 Å². The van der Waals surface area contributed by atoms with E-state index in [1.165, 1.54) is 4.90 Å². The molecule has 18 heavy (non-hydrogen) atoms. The van der Waals surface area contributed by atoms with Gasteiger partial charge < -0.3 is 5.11 Å². The molecule has 2 amide bonds. The van der Waals surface area contributed by atoms with E-state index in [0.717, 1.165) is 0 Å². The molecule has 1 heterocycles. The second-order valence-corrected chi connectivity index (χ2v) is 5.28. The summed E-state index contributed by atoms with van der Waals surface area (Å²) in [4.78, 5) is 35.2. The molecule has 1 saturated heterocycles. The molecule has 1 unspecified atom stereocenters. The molecule has 0 saturated carbocycles. The Balaban J connectivity index is 2.35. The average Bonchev–Trinajstić information content (AvgIpc) is 2.24. The fourth-order valence-electron chi connectivity index (χ4n) is 2.14. The third kappa shape index (κ3) is 4.47. The van der Waals surface area contributed by atoms with Gasteiger partial charge in [-0.05, 0) is 24.7 Å². The van der Waals surface area contributed by atoms with Crippen molar-refractivity contribution < 1.29 is 19.5 Å². The highest BCUT2D eigenvalue weighted by molar-refractivity contribution is 5.97. The molecule has 0 aliphatic carbocycles. The predicted molar refractivity (Wildman–Crippen MR) is 65.8 cm³/mol. The monoisotopic (exact) mass is 255 g/mol. The molecule has 5 heteroatoms. The average molecular weight is 255 g/mol. The van der Waals surface area contributed by atoms with Gasteiger partial charge >= 0.3 is 5.97 Å². The third-order valence-corrected chi connectivity index (χ3v) is 3.34. The van der Waals surface area contributed by atoms with Crippen LogP contribution in [0.25, 0.3) is 0 Å². The summed E-state index contributed by atoms with van der Waals surface area (Å²) in [6, 6.07) is 0. The number of nitrogens with zero attached hydrogens (tertiary/aromatic N) is 1. The molecule has 0 bridgehead atoms. The quantitative estimate of drug-likeness (QED) is 0.732. The highest BCUT2D eigenvalue weighted by Gasteiger charge is 2.29. The van der Waals surface area contributed by atoms with E-state index in [2.05, 4.69) is 0 Å². The number of hydrogen-bond acceptors (Lipinski definition) is 3. The van der Waals surface area contributed by atoms with Crippen molar-refractivity contribution in [1.29, 1.82) is 0 Å². The lowest BCUT2D eigenvalue weighted by molar-refractivity contribution is -0.150. The number of amides is 2. The van der Waals surface area contributed by atoms with Crippen molar-refractivity contribution in [2.45, 2.75) is 46.0 Å². The molecule has 1 aliphatic rings. The number of carboxylic acid groups (broad SMARTS) is 1. The molecule has 0 aromatic carbocycles. The molecule has 1 atom stereocenters. The smallest absolute Gasteiger partial charge is 0.303 e. The maximum Gasteiger partial charge on any atom is 0.303 e. The van der Waals surface area contributed by atoms with Crippen molar-refractivity contribution in [2.75, 3.05) is 6.54 Å². The lowest BCUT2D eigenvalue weighted by Gasteiger charge is -2.29. The molecular weight excluding hydrogens is 234 g/mol. The zero-order valence-electron chi connectivity index (χ0n) is 11.0. The van der Waals surface area contributed by atoms with E-state index in [0.29, 0.717) is 32.2 Å². The predicted octanol–water partition coefficient (Wildman–Crippen LogP) is 1.66. The summed E-state index contributed by atoms with van der Waals surface area (Å²) in [6.45, 7) is 4.28. The summed E-state index contributed by atoms with van der Waals surface area (Å²) in [7, 11) is 0. The number of aliphatic carboxylic acids is 1. The highest BCUT2D eigenvalue weighted by Crippen LogP contribution is 2.20. The Morgan fingerprint density at radius 1 is 1.33 bits per heavy atom. The first kappa shape index (κ1) is 14.7. The van der Waals surface area contributed by atoms with Crippen LogP contribution in [0, 0.1) is 11.8 Å². The minimum Gasteiger partial charge on any atom is -0.481 e. The van der Waals surface area contributed by atoms with Gasteiger partial charge in [0.2, 0.25) is 11.8 Å². The minimum absolute atomic E-state index is 0.0933. The van der Waals surface area contributed by atoms with Crippen LogP contribution >= 0.6 is 0 Å². The zero-order valence-corrected chi connectivity index (χ0v) is 11.0. The van der Waals surface area contributed by atoms with Gasteiger partial charge in [0, 0.05) is 25.8 Å². The Labute approximate surface area is 107 Å². The SMILES string of the molecule is CC(CCC(=O)O)CCN1C(=O)CC(C)CC1=O.